The Labute approximate surface area is 114 Å². The van der Waals surface area contributed by atoms with E-state index in [0.29, 0.717) is 30.3 Å². The molecule has 2 atom stereocenters. The zero-order chi connectivity index (χ0) is 14.8. The average molecular weight is 292 g/mol. The van der Waals surface area contributed by atoms with E-state index in [-0.39, 0.29) is 0 Å². The number of aliphatic hydroxyl groups is 1. The molecule has 2 rings (SSSR count). The smallest absolute Gasteiger partial charge is 0.414 e. The summed E-state index contributed by atoms with van der Waals surface area (Å²) in [6.07, 6.45) is -7.52. The topological polar surface area (TPSA) is 47.9 Å². The number of hydrogen-bond acceptors (Lipinski definition) is 4. The lowest BCUT2D eigenvalue weighted by atomic mass is 10.1. The first-order valence-corrected chi connectivity index (χ1v) is 6.14. The second-order valence-electron chi connectivity index (χ2n) is 4.44. The summed E-state index contributed by atoms with van der Waals surface area (Å²) in [6, 6.07) is 4.72. The molecule has 20 heavy (non-hydrogen) atoms. The lowest BCUT2D eigenvalue weighted by molar-refractivity contribution is -0.219. The van der Waals surface area contributed by atoms with E-state index >= 15 is 0 Å². The van der Waals surface area contributed by atoms with E-state index in [0.717, 1.165) is 6.92 Å². The first-order valence-electron chi connectivity index (χ1n) is 6.14. The van der Waals surface area contributed by atoms with E-state index in [2.05, 4.69) is 4.74 Å². The van der Waals surface area contributed by atoms with Crippen LogP contribution in [0.15, 0.2) is 18.2 Å². The van der Waals surface area contributed by atoms with Crippen molar-refractivity contribution in [3.05, 3.63) is 23.8 Å². The highest BCUT2D eigenvalue weighted by molar-refractivity contribution is 5.44. The summed E-state index contributed by atoms with van der Waals surface area (Å²) in [6.45, 7) is 1.30. The van der Waals surface area contributed by atoms with Gasteiger partial charge in [0.1, 0.15) is 19.3 Å². The van der Waals surface area contributed by atoms with Crippen molar-refractivity contribution in [2.24, 2.45) is 0 Å². The maximum atomic E-state index is 12.3. The number of hydrogen-bond donors (Lipinski definition) is 1. The fraction of sp³-hybridized carbons (Fsp3) is 0.538. The van der Waals surface area contributed by atoms with E-state index in [1.54, 1.807) is 18.2 Å². The summed E-state index contributed by atoms with van der Waals surface area (Å²) in [5.41, 5.74) is 0.420. The minimum Gasteiger partial charge on any atom is -0.486 e. The fourth-order valence-electron chi connectivity index (χ4n) is 1.69. The monoisotopic (exact) mass is 292 g/mol. The van der Waals surface area contributed by atoms with Gasteiger partial charge in [0.25, 0.3) is 0 Å². The molecule has 1 aliphatic heterocycles. The quantitative estimate of drug-likeness (QED) is 0.926. The Hall–Kier alpha value is -1.47. The van der Waals surface area contributed by atoms with Gasteiger partial charge in [-0.25, -0.2) is 0 Å². The van der Waals surface area contributed by atoms with Crippen molar-refractivity contribution in [3.63, 3.8) is 0 Å². The molecule has 2 unspecified atom stereocenters. The van der Waals surface area contributed by atoms with Crippen LogP contribution in [0.1, 0.15) is 18.6 Å². The standard InChI is InChI=1S/C13H15F3O4/c1-8(13(14,15)16)20-7-10(17)9-2-3-11-12(6-9)19-5-4-18-11/h2-3,6,8,10,17H,4-5,7H2,1H3. The molecular formula is C13H15F3O4. The van der Waals surface area contributed by atoms with Crippen molar-refractivity contribution in [2.45, 2.75) is 25.3 Å². The van der Waals surface area contributed by atoms with Crippen LogP contribution in [0.25, 0.3) is 0 Å². The van der Waals surface area contributed by atoms with Crippen LogP contribution < -0.4 is 9.47 Å². The second kappa shape index (κ2) is 5.88. The van der Waals surface area contributed by atoms with Crippen LogP contribution in [0.5, 0.6) is 11.5 Å². The predicted octanol–water partition coefficient (Wildman–Crippen LogP) is 2.46. The molecule has 0 amide bonds. The third-order valence-electron chi connectivity index (χ3n) is 2.92. The molecule has 112 valence electrons. The highest BCUT2D eigenvalue weighted by Gasteiger charge is 2.37. The number of ether oxygens (including phenoxy) is 3. The third kappa shape index (κ3) is 3.55. The van der Waals surface area contributed by atoms with Crippen LogP contribution in [0.3, 0.4) is 0 Å². The average Bonchev–Trinajstić information content (AvgIpc) is 2.42. The number of rotatable bonds is 4. The Balaban J connectivity index is 1.97. The molecule has 0 bridgehead atoms. The normalized spacial score (nSPS) is 17.6. The molecular weight excluding hydrogens is 277 g/mol. The molecule has 0 aliphatic carbocycles. The van der Waals surface area contributed by atoms with E-state index in [1.165, 1.54) is 0 Å². The minimum atomic E-state index is -4.44. The largest absolute Gasteiger partial charge is 0.486 e. The second-order valence-corrected chi connectivity index (χ2v) is 4.44. The third-order valence-corrected chi connectivity index (χ3v) is 2.92. The van der Waals surface area contributed by atoms with Crippen LogP contribution in [0.2, 0.25) is 0 Å². The van der Waals surface area contributed by atoms with Crippen molar-refractivity contribution in [1.29, 1.82) is 0 Å². The van der Waals surface area contributed by atoms with Gasteiger partial charge in [0.2, 0.25) is 0 Å². The molecule has 0 fully saturated rings. The first kappa shape index (κ1) is 14.9. The van der Waals surface area contributed by atoms with Crippen LogP contribution in [-0.2, 0) is 4.74 Å². The maximum absolute atomic E-state index is 12.3. The molecule has 1 aromatic rings. The summed E-state index contributed by atoms with van der Waals surface area (Å²) in [7, 11) is 0. The molecule has 0 saturated carbocycles. The lowest BCUT2D eigenvalue weighted by Crippen LogP contribution is -2.30. The van der Waals surface area contributed by atoms with Crippen LogP contribution in [0.4, 0.5) is 13.2 Å². The summed E-state index contributed by atoms with van der Waals surface area (Å²) in [5.74, 6) is 1.02. The Kier molecular flexibility index (Phi) is 4.39. The summed E-state index contributed by atoms with van der Waals surface area (Å²) in [5, 5.41) is 9.85. The molecule has 0 spiro atoms. The molecule has 0 radical (unpaired) electrons. The maximum Gasteiger partial charge on any atom is 0.414 e. The van der Waals surface area contributed by atoms with Gasteiger partial charge in [0, 0.05) is 0 Å². The summed E-state index contributed by atoms with van der Waals surface area (Å²) >= 11 is 0. The van der Waals surface area contributed by atoms with Crippen molar-refractivity contribution < 1.29 is 32.5 Å². The van der Waals surface area contributed by atoms with Crippen LogP contribution in [0, 0.1) is 0 Å². The molecule has 4 nitrogen and oxygen atoms in total. The molecule has 1 heterocycles. The van der Waals surface area contributed by atoms with Gasteiger partial charge in [-0.2, -0.15) is 13.2 Å². The highest BCUT2D eigenvalue weighted by Crippen LogP contribution is 2.33. The number of halogens is 3. The Bertz CT molecular complexity index is 461. The van der Waals surface area contributed by atoms with Crippen molar-refractivity contribution >= 4 is 0 Å². The first-order chi connectivity index (χ1) is 9.38. The van der Waals surface area contributed by atoms with E-state index in [1.807, 2.05) is 0 Å². The van der Waals surface area contributed by atoms with Gasteiger partial charge in [-0.05, 0) is 24.6 Å². The number of alkyl halides is 3. The van der Waals surface area contributed by atoms with Gasteiger partial charge < -0.3 is 19.3 Å². The highest BCUT2D eigenvalue weighted by atomic mass is 19.4. The lowest BCUT2D eigenvalue weighted by Gasteiger charge is -2.21. The van der Waals surface area contributed by atoms with Gasteiger partial charge in [-0.1, -0.05) is 6.07 Å². The number of aliphatic hydroxyl groups excluding tert-OH is 1. The van der Waals surface area contributed by atoms with Crippen molar-refractivity contribution in [3.8, 4) is 11.5 Å². The van der Waals surface area contributed by atoms with E-state index in [4.69, 9.17) is 9.47 Å². The van der Waals surface area contributed by atoms with Crippen LogP contribution in [-0.4, -0.2) is 37.2 Å². The number of benzene rings is 1. The van der Waals surface area contributed by atoms with Gasteiger partial charge >= 0.3 is 6.18 Å². The van der Waals surface area contributed by atoms with Gasteiger partial charge in [0.05, 0.1) is 6.61 Å². The van der Waals surface area contributed by atoms with E-state index < -0.39 is 25.0 Å². The number of fused-ring (bicyclic) bond motifs is 1. The van der Waals surface area contributed by atoms with Crippen molar-refractivity contribution in [2.75, 3.05) is 19.8 Å². The predicted molar refractivity (Wildman–Crippen MR) is 63.9 cm³/mol. The molecule has 7 heteroatoms. The molecule has 0 saturated heterocycles. The minimum absolute atomic E-state index is 0.397. The summed E-state index contributed by atoms with van der Waals surface area (Å²) in [4.78, 5) is 0. The zero-order valence-electron chi connectivity index (χ0n) is 10.8. The van der Waals surface area contributed by atoms with Gasteiger partial charge in [0.15, 0.2) is 17.6 Å². The fourth-order valence-corrected chi connectivity index (χ4v) is 1.69. The molecule has 1 aliphatic rings. The van der Waals surface area contributed by atoms with E-state index in [9.17, 15) is 18.3 Å². The SMILES string of the molecule is CC(OCC(O)c1ccc2c(c1)OCCO2)C(F)(F)F. The summed E-state index contributed by atoms with van der Waals surface area (Å²) < 4.78 is 52.1. The zero-order valence-corrected chi connectivity index (χ0v) is 10.8. The Morgan fingerprint density at radius 1 is 1.25 bits per heavy atom. The van der Waals surface area contributed by atoms with Gasteiger partial charge in [-0.15, -0.1) is 0 Å². The molecule has 1 aromatic carbocycles. The molecule has 1 N–H and O–H groups in total. The molecule has 0 aromatic heterocycles. The Morgan fingerprint density at radius 3 is 2.55 bits per heavy atom. The van der Waals surface area contributed by atoms with Crippen LogP contribution >= 0.6 is 0 Å². The van der Waals surface area contributed by atoms with Gasteiger partial charge in [-0.3, -0.25) is 0 Å². The van der Waals surface area contributed by atoms with Crippen molar-refractivity contribution in [1.82, 2.24) is 0 Å². The Morgan fingerprint density at radius 2 is 1.90 bits per heavy atom.